The lowest BCUT2D eigenvalue weighted by Gasteiger charge is -2.16. The minimum Gasteiger partial charge on any atom is -0.478 e. The zero-order chi connectivity index (χ0) is 39.4. The number of pyridine rings is 2. The molecule has 0 bridgehead atoms. The van der Waals surface area contributed by atoms with E-state index in [1.54, 1.807) is 18.3 Å². The van der Waals surface area contributed by atoms with Crippen LogP contribution in [-0.2, 0) is 23.9 Å². The number of para-hydroxylation sites is 4. The number of halogens is 7. The molecule has 0 aliphatic carbocycles. The molecule has 0 saturated heterocycles. The third-order valence-electron chi connectivity index (χ3n) is 6.15. The van der Waals surface area contributed by atoms with Gasteiger partial charge in [-0.2, -0.15) is 23.1 Å². The Labute approximate surface area is 311 Å². The molecule has 13 nitrogen and oxygen atoms in total. The lowest BCUT2D eigenvalue weighted by Crippen LogP contribution is -2.23. The van der Waals surface area contributed by atoms with Gasteiger partial charge in [0.15, 0.2) is 59.5 Å². The quantitative estimate of drug-likeness (QED) is 0.0527. The highest BCUT2D eigenvalue weighted by molar-refractivity contribution is 6.32. The van der Waals surface area contributed by atoms with Gasteiger partial charge in [0, 0.05) is 18.2 Å². The maximum Gasteiger partial charge on any atom is 0.431 e. The maximum absolute atomic E-state index is 14.9. The summed E-state index contributed by atoms with van der Waals surface area (Å²) in [4.78, 5) is 43.5. The van der Waals surface area contributed by atoms with Gasteiger partial charge in [-0.3, -0.25) is 4.79 Å². The molecule has 54 heavy (non-hydrogen) atoms. The Balaban J connectivity index is 1.55. The first-order valence-electron chi connectivity index (χ1n) is 14.9. The van der Waals surface area contributed by atoms with E-state index < -0.39 is 88.0 Å². The molecular formula is C34H23Cl2F5N4O9. The Morgan fingerprint density at radius 2 is 1.26 bits per heavy atom. The van der Waals surface area contributed by atoms with Gasteiger partial charge in [0.1, 0.15) is 21.8 Å². The van der Waals surface area contributed by atoms with E-state index in [2.05, 4.69) is 14.7 Å². The predicted molar refractivity (Wildman–Crippen MR) is 180 cm³/mol. The highest BCUT2D eigenvalue weighted by atomic mass is 35.5. The molecule has 2 heterocycles. The van der Waals surface area contributed by atoms with Crippen molar-refractivity contribution in [3.8, 4) is 47.3 Å². The van der Waals surface area contributed by atoms with Crippen LogP contribution < -0.4 is 29.6 Å². The molecule has 2 aromatic heterocycles. The molecule has 4 rings (SSSR count). The third-order valence-corrected chi connectivity index (χ3v) is 6.69. The zero-order valence-corrected chi connectivity index (χ0v) is 28.8. The molecule has 0 fully saturated rings. The van der Waals surface area contributed by atoms with E-state index in [1.165, 1.54) is 48.5 Å². The second-order valence-corrected chi connectivity index (χ2v) is 10.8. The van der Waals surface area contributed by atoms with Gasteiger partial charge in [-0.1, -0.05) is 53.9 Å². The summed E-state index contributed by atoms with van der Waals surface area (Å²) in [5, 5.41) is 2.58. The molecule has 0 atom stereocenters. The van der Waals surface area contributed by atoms with Crippen molar-refractivity contribution in [3.05, 3.63) is 94.1 Å². The SMILES string of the molecule is C#COC(=O)COc1ccccc1Oc1nc(N/C(=C/C(=O)Nc2nc(Oc3ccccc3OCC(=O)OCC)c(Cl)cc2F)C(F)(F)F)c(F)cc1Cl. The number of esters is 2. The van der Waals surface area contributed by atoms with Gasteiger partial charge in [-0.05, 0) is 31.2 Å². The number of amides is 1. The Kier molecular flexibility index (Phi) is 13.8. The van der Waals surface area contributed by atoms with Crippen molar-refractivity contribution >= 4 is 52.7 Å². The van der Waals surface area contributed by atoms with Crippen molar-refractivity contribution in [2.75, 3.05) is 30.5 Å². The van der Waals surface area contributed by atoms with Crippen LogP contribution in [-0.4, -0.2) is 53.8 Å². The van der Waals surface area contributed by atoms with E-state index >= 15 is 0 Å². The molecular weight excluding hydrogens is 774 g/mol. The summed E-state index contributed by atoms with van der Waals surface area (Å²) in [7, 11) is 0. The van der Waals surface area contributed by atoms with Gasteiger partial charge in [0.05, 0.1) is 6.61 Å². The van der Waals surface area contributed by atoms with E-state index in [9.17, 15) is 36.3 Å². The number of carbonyl (C=O) groups excluding carboxylic acids is 3. The van der Waals surface area contributed by atoms with E-state index in [4.69, 9.17) is 53.3 Å². The second kappa shape index (κ2) is 18.4. The normalized spacial score (nSPS) is 11.1. The number of benzene rings is 2. The molecule has 0 aliphatic heterocycles. The van der Waals surface area contributed by atoms with Crippen molar-refractivity contribution in [2.24, 2.45) is 0 Å². The number of nitrogens with one attached hydrogen (secondary N) is 2. The molecule has 20 heteroatoms. The fraction of sp³-hybridized carbons (Fsp3) is 0.147. The first-order valence-corrected chi connectivity index (χ1v) is 15.6. The Morgan fingerprint density at radius 3 is 1.72 bits per heavy atom. The van der Waals surface area contributed by atoms with E-state index in [0.29, 0.717) is 12.1 Å². The summed E-state index contributed by atoms with van der Waals surface area (Å²) in [6.45, 7) is 0.547. The number of rotatable bonds is 15. The molecule has 282 valence electrons. The number of aromatic nitrogens is 2. The molecule has 0 radical (unpaired) electrons. The maximum atomic E-state index is 14.9. The fourth-order valence-electron chi connectivity index (χ4n) is 3.91. The van der Waals surface area contributed by atoms with Gasteiger partial charge < -0.3 is 39.1 Å². The molecule has 1 amide bonds. The van der Waals surface area contributed by atoms with Gasteiger partial charge in [-0.25, -0.2) is 18.4 Å². The van der Waals surface area contributed by atoms with Crippen LogP contribution in [0.1, 0.15) is 6.92 Å². The number of allylic oxidation sites excluding steroid dienone is 1. The number of carbonyl (C=O) groups is 3. The lowest BCUT2D eigenvalue weighted by atomic mass is 10.3. The number of nitrogens with zero attached hydrogens (tertiary/aromatic N) is 2. The fourth-order valence-corrected chi connectivity index (χ4v) is 4.26. The van der Waals surface area contributed by atoms with Crippen molar-refractivity contribution in [2.45, 2.75) is 13.1 Å². The summed E-state index contributed by atoms with van der Waals surface area (Å²) < 4.78 is 103. The highest BCUT2D eigenvalue weighted by Gasteiger charge is 2.36. The van der Waals surface area contributed by atoms with Crippen LogP contribution in [0, 0.1) is 24.2 Å². The average Bonchev–Trinajstić information content (AvgIpc) is 3.11. The standard InChI is InChI=1S/C34H23Cl2F5N4O9/c1-3-49-28(47)16-51-22-9-5-7-11-24(22)53-32-18(35)13-20(37)30(44-32)42-26(34(39,40)41)15-27(46)43-31-21(38)14-19(36)33(45-31)54-25-12-8-6-10-23(25)52-17-29(48)50-4-2/h1,5-15H,4,16-17H2,2H3,(H,42,44)(H,43,45,46)/b26-15+. The van der Waals surface area contributed by atoms with Crippen molar-refractivity contribution in [1.29, 1.82) is 0 Å². The molecule has 4 aromatic rings. The number of hydrogen-bond acceptors (Lipinski definition) is 12. The van der Waals surface area contributed by atoms with Crippen LogP contribution in [0.15, 0.2) is 72.4 Å². The van der Waals surface area contributed by atoms with Crippen LogP contribution in [0.25, 0.3) is 0 Å². The second-order valence-electron chi connectivity index (χ2n) is 9.95. The van der Waals surface area contributed by atoms with Crippen molar-refractivity contribution in [3.63, 3.8) is 0 Å². The Morgan fingerprint density at radius 1 is 0.796 bits per heavy atom. The molecule has 0 unspecified atom stereocenters. The minimum absolute atomic E-state index is 0.0129. The minimum atomic E-state index is -5.34. The highest BCUT2D eigenvalue weighted by Crippen LogP contribution is 2.38. The van der Waals surface area contributed by atoms with Gasteiger partial charge >= 0.3 is 18.1 Å². The predicted octanol–water partition coefficient (Wildman–Crippen LogP) is 7.60. The largest absolute Gasteiger partial charge is 0.478 e. The summed E-state index contributed by atoms with van der Waals surface area (Å²) in [6.07, 6.45) is 1.15. The topological polar surface area (TPSA) is 156 Å². The molecule has 2 N–H and O–H groups in total. The zero-order valence-electron chi connectivity index (χ0n) is 27.3. The lowest BCUT2D eigenvalue weighted by molar-refractivity contribution is -0.145. The van der Waals surface area contributed by atoms with Crippen LogP contribution in [0.3, 0.4) is 0 Å². The van der Waals surface area contributed by atoms with Crippen LogP contribution in [0.5, 0.6) is 34.8 Å². The average molecular weight is 797 g/mol. The Hall–Kier alpha value is -6.32. The number of hydrogen-bond donors (Lipinski definition) is 2. The van der Waals surface area contributed by atoms with Gasteiger partial charge in [0.25, 0.3) is 5.91 Å². The Bertz CT molecular complexity index is 2110. The van der Waals surface area contributed by atoms with Crippen LogP contribution in [0.2, 0.25) is 10.0 Å². The van der Waals surface area contributed by atoms with Gasteiger partial charge in [0.2, 0.25) is 11.8 Å². The van der Waals surface area contributed by atoms with Crippen molar-refractivity contribution in [1.82, 2.24) is 9.97 Å². The van der Waals surface area contributed by atoms with E-state index in [1.807, 2.05) is 5.32 Å². The van der Waals surface area contributed by atoms with E-state index in [0.717, 1.165) is 0 Å². The molecule has 2 aromatic carbocycles. The number of anilines is 2. The summed E-state index contributed by atoms with van der Waals surface area (Å²) in [5.41, 5.74) is -1.87. The monoisotopic (exact) mass is 796 g/mol. The molecule has 0 aliphatic rings. The first kappa shape index (κ1) is 40.5. The smallest absolute Gasteiger partial charge is 0.431 e. The van der Waals surface area contributed by atoms with E-state index in [-0.39, 0.29) is 35.7 Å². The number of ether oxygens (including phenoxy) is 6. The van der Waals surface area contributed by atoms with Crippen LogP contribution >= 0.6 is 23.2 Å². The molecule has 0 spiro atoms. The summed E-state index contributed by atoms with van der Waals surface area (Å²) >= 11 is 12.1. The van der Waals surface area contributed by atoms with Crippen molar-refractivity contribution < 1.29 is 64.8 Å². The molecule has 0 saturated carbocycles. The first-order chi connectivity index (χ1) is 25.7. The number of terminal acetylenes is 1. The summed E-state index contributed by atoms with van der Waals surface area (Å²) in [6, 6.07) is 12.6. The summed E-state index contributed by atoms with van der Waals surface area (Å²) in [5.74, 6) is -9.33. The van der Waals surface area contributed by atoms with Gasteiger partial charge in [-0.15, -0.1) is 0 Å². The third kappa shape index (κ3) is 11.3. The van der Waals surface area contributed by atoms with Crippen LogP contribution in [0.4, 0.5) is 33.6 Å². The number of alkyl halides is 3.